The summed E-state index contributed by atoms with van der Waals surface area (Å²) in [5.41, 5.74) is 2.62. The van der Waals surface area contributed by atoms with E-state index in [0.29, 0.717) is 39.8 Å². The minimum atomic E-state index is -1.39. The first kappa shape index (κ1) is 27.2. The highest BCUT2D eigenvalue weighted by Crippen LogP contribution is 2.62. The van der Waals surface area contributed by atoms with Crippen molar-refractivity contribution in [2.24, 2.45) is 5.92 Å². The van der Waals surface area contributed by atoms with Crippen LogP contribution in [0.1, 0.15) is 56.8 Å². The smallest absolute Gasteiger partial charge is 0.238 e. The van der Waals surface area contributed by atoms with Crippen molar-refractivity contribution in [2.75, 3.05) is 11.9 Å². The molecule has 0 unspecified atom stereocenters. The maximum absolute atomic E-state index is 15.0. The van der Waals surface area contributed by atoms with Gasteiger partial charge in [0.15, 0.2) is 11.6 Å². The van der Waals surface area contributed by atoms with Crippen molar-refractivity contribution in [3.63, 3.8) is 0 Å². The summed E-state index contributed by atoms with van der Waals surface area (Å²) in [7, 11) is 0. The summed E-state index contributed by atoms with van der Waals surface area (Å²) < 4.78 is 5.87. The van der Waals surface area contributed by atoms with Gasteiger partial charge in [-0.25, -0.2) is 0 Å². The quantitative estimate of drug-likeness (QED) is 0.233. The number of halogens is 1. The number of ether oxygens (including phenoxy) is 1. The van der Waals surface area contributed by atoms with Crippen molar-refractivity contribution < 1.29 is 19.1 Å². The highest BCUT2D eigenvalue weighted by atomic mass is 35.5. The van der Waals surface area contributed by atoms with E-state index in [1.54, 1.807) is 42.5 Å². The normalized spacial score (nSPS) is 23.0. The third-order valence-electron chi connectivity index (χ3n) is 8.84. The first-order valence-corrected chi connectivity index (χ1v) is 14.8. The number of benzene rings is 4. The molecule has 1 amide bonds. The van der Waals surface area contributed by atoms with Crippen LogP contribution in [0.3, 0.4) is 0 Å². The number of carbonyl (C=O) groups is 3. The number of nitrogens with one attached hydrogen (secondary N) is 1. The number of rotatable bonds is 7. The van der Waals surface area contributed by atoms with Crippen molar-refractivity contribution in [1.82, 2.24) is 4.90 Å². The van der Waals surface area contributed by atoms with Crippen molar-refractivity contribution >= 4 is 40.8 Å². The largest absolute Gasteiger partial charge is 0.494 e. The van der Waals surface area contributed by atoms with Crippen molar-refractivity contribution in [2.45, 2.75) is 30.8 Å². The number of ketones is 2. The van der Waals surface area contributed by atoms with E-state index in [2.05, 4.69) is 5.32 Å². The van der Waals surface area contributed by atoms with E-state index in [1.807, 2.05) is 78.7 Å². The number of fused-ring (bicyclic) bond motifs is 6. The molecule has 3 aliphatic rings. The molecule has 0 radical (unpaired) electrons. The third kappa shape index (κ3) is 4.12. The number of Topliss-reactive ketones (excluding diaryl/α,β-unsaturated/α-hetero) is 2. The predicted octanol–water partition coefficient (Wildman–Crippen LogP) is 7.11. The summed E-state index contributed by atoms with van der Waals surface area (Å²) in [6.45, 7) is 2.53. The van der Waals surface area contributed by atoms with E-state index in [-0.39, 0.29) is 17.5 Å². The zero-order chi connectivity index (χ0) is 29.7. The van der Waals surface area contributed by atoms with Gasteiger partial charge in [-0.2, -0.15) is 0 Å². The topological polar surface area (TPSA) is 75.7 Å². The Morgan fingerprint density at radius 2 is 1.67 bits per heavy atom. The Morgan fingerprint density at radius 3 is 2.49 bits per heavy atom. The first-order valence-electron chi connectivity index (χ1n) is 14.5. The molecular weight excluding hydrogens is 560 g/mol. The minimum absolute atomic E-state index is 0.253. The minimum Gasteiger partial charge on any atom is -0.494 e. The highest BCUT2D eigenvalue weighted by molar-refractivity contribution is 6.30. The molecule has 4 aromatic rings. The zero-order valence-corrected chi connectivity index (χ0v) is 24.3. The van der Waals surface area contributed by atoms with E-state index >= 15 is 0 Å². The lowest BCUT2D eigenvalue weighted by molar-refractivity contribution is -0.122. The molecule has 3 heterocycles. The van der Waals surface area contributed by atoms with E-state index < -0.39 is 23.4 Å². The van der Waals surface area contributed by atoms with E-state index in [1.165, 1.54) is 0 Å². The number of hydrogen-bond donors (Lipinski definition) is 1. The molecule has 1 fully saturated rings. The Labute approximate surface area is 254 Å². The fourth-order valence-electron chi connectivity index (χ4n) is 7.09. The molecule has 7 heteroatoms. The Morgan fingerprint density at radius 1 is 0.907 bits per heavy atom. The molecule has 4 atom stereocenters. The molecule has 0 bridgehead atoms. The van der Waals surface area contributed by atoms with Crippen LogP contribution in [0, 0.1) is 5.92 Å². The van der Waals surface area contributed by atoms with Gasteiger partial charge in [0.2, 0.25) is 5.91 Å². The van der Waals surface area contributed by atoms with Crippen LogP contribution < -0.4 is 10.1 Å². The van der Waals surface area contributed by atoms with Gasteiger partial charge in [0.05, 0.1) is 18.6 Å². The second-order valence-electron chi connectivity index (χ2n) is 11.2. The summed E-state index contributed by atoms with van der Waals surface area (Å²) in [6, 6.07) is 27.5. The lowest BCUT2D eigenvalue weighted by atomic mass is 9.62. The Bertz CT molecular complexity index is 1800. The molecule has 6 nitrogen and oxygen atoms in total. The maximum atomic E-state index is 15.0. The highest BCUT2D eigenvalue weighted by Gasteiger charge is 2.70. The SMILES string of the molecule is CCCOc1cccc(C(=O)[C@H]2[C@H](C(=O)c3ccc(Cl)cc3)N3C=Cc4ccccc4[C@@H]3[C@]23C(=O)Nc2ccccc23)c1. The molecular formula is C36H29ClN2O4. The average molecular weight is 589 g/mol. The van der Waals surface area contributed by atoms with Gasteiger partial charge in [-0.1, -0.05) is 73.1 Å². The molecule has 0 saturated carbocycles. The summed E-state index contributed by atoms with van der Waals surface area (Å²) in [6.07, 6.45) is 4.64. The van der Waals surface area contributed by atoms with E-state index in [0.717, 1.165) is 17.5 Å². The van der Waals surface area contributed by atoms with Crippen LogP contribution in [0.2, 0.25) is 5.02 Å². The van der Waals surface area contributed by atoms with Gasteiger partial charge in [0.25, 0.3) is 0 Å². The Balaban J connectivity index is 1.49. The number of para-hydroxylation sites is 1. The standard InChI is InChI=1S/C36H29ClN2O4/c1-2-20-43-26-10-7-9-24(21-26)32(40)30-31(33(41)23-14-16-25(37)17-15-23)39-19-18-22-8-3-4-11-27(22)34(39)36(30)28-12-5-6-13-29(28)38-35(36)42/h3-19,21,30-31,34H,2,20H2,1H3,(H,38,42)/t30-,31-,34-,36-/m1/s1. The van der Waals surface area contributed by atoms with Gasteiger partial charge < -0.3 is 15.0 Å². The molecule has 1 N–H and O–H groups in total. The number of hydrogen-bond acceptors (Lipinski definition) is 5. The van der Waals surface area contributed by atoms with Crippen molar-refractivity contribution in [3.8, 4) is 5.75 Å². The Kier molecular flexibility index (Phi) is 6.66. The number of anilines is 1. The van der Waals surface area contributed by atoms with Gasteiger partial charge in [0, 0.05) is 28.0 Å². The Hall–Kier alpha value is -4.68. The fourth-order valence-corrected chi connectivity index (χ4v) is 7.22. The van der Waals surface area contributed by atoms with E-state index in [4.69, 9.17) is 16.3 Å². The maximum Gasteiger partial charge on any atom is 0.238 e. The van der Waals surface area contributed by atoms with Gasteiger partial charge >= 0.3 is 0 Å². The lowest BCUT2D eigenvalue weighted by Gasteiger charge is -2.38. The van der Waals surface area contributed by atoms with Crippen LogP contribution in [0.5, 0.6) is 5.75 Å². The molecule has 7 rings (SSSR count). The molecule has 1 saturated heterocycles. The first-order chi connectivity index (χ1) is 20.9. The van der Waals surface area contributed by atoms with Crippen LogP contribution in [-0.2, 0) is 10.2 Å². The molecule has 4 aromatic carbocycles. The predicted molar refractivity (Wildman–Crippen MR) is 166 cm³/mol. The summed E-state index contributed by atoms with van der Waals surface area (Å²) in [5.74, 6) is -1.32. The van der Waals surface area contributed by atoms with Crippen LogP contribution >= 0.6 is 11.6 Å². The van der Waals surface area contributed by atoms with Crippen LogP contribution in [0.4, 0.5) is 5.69 Å². The van der Waals surface area contributed by atoms with Crippen LogP contribution in [0.15, 0.2) is 103 Å². The molecule has 3 aliphatic heterocycles. The molecule has 43 heavy (non-hydrogen) atoms. The summed E-state index contributed by atoms with van der Waals surface area (Å²) >= 11 is 6.18. The molecule has 214 valence electrons. The van der Waals surface area contributed by atoms with Gasteiger partial charge in [-0.3, -0.25) is 14.4 Å². The van der Waals surface area contributed by atoms with Gasteiger partial charge in [-0.05, 0) is 71.7 Å². The second-order valence-corrected chi connectivity index (χ2v) is 11.6. The fraction of sp³-hybridized carbons (Fsp3) is 0.194. The zero-order valence-electron chi connectivity index (χ0n) is 23.5. The van der Waals surface area contributed by atoms with Crippen LogP contribution in [-0.4, -0.2) is 35.0 Å². The van der Waals surface area contributed by atoms with Crippen molar-refractivity contribution in [1.29, 1.82) is 0 Å². The molecule has 1 spiro atoms. The second kappa shape index (κ2) is 10.5. The average Bonchev–Trinajstić information content (AvgIpc) is 3.52. The number of carbonyl (C=O) groups excluding carboxylic acids is 3. The number of nitrogens with zero attached hydrogens (tertiary/aromatic N) is 1. The monoisotopic (exact) mass is 588 g/mol. The van der Waals surface area contributed by atoms with Crippen LogP contribution in [0.25, 0.3) is 6.08 Å². The summed E-state index contributed by atoms with van der Waals surface area (Å²) in [5, 5.41) is 3.59. The summed E-state index contributed by atoms with van der Waals surface area (Å²) in [4.78, 5) is 46.1. The molecule has 0 aromatic heterocycles. The van der Waals surface area contributed by atoms with Gasteiger partial charge in [0.1, 0.15) is 17.2 Å². The van der Waals surface area contributed by atoms with Gasteiger partial charge in [-0.15, -0.1) is 0 Å². The third-order valence-corrected chi connectivity index (χ3v) is 9.09. The lowest BCUT2D eigenvalue weighted by Crippen LogP contribution is -2.49. The van der Waals surface area contributed by atoms with Crippen molar-refractivity contribution in [3.05, 3.63) is 136 Å². The number of amides is 1. The van der Waals surface area contributed by atoms with E-state index in [9.17, 15) is 14.4 Å². The molecule has 0 aliphatic carbocycles.